The molecule has 0 heterocycles. The summed E-state index contributed by atoms with van der Waals surface area (Å²) in [5, 5.41) is 0. The summed E-state index contributed by atoms with van der Waals surface area (Å²) in [6, 6.07) is 0. The molecule has 0 aromatic heterocycles. The third kappa shape index (κ3) is 1.47. The van der Waals surface area contributed by atoms with Gasteiger partial charge in [-0.2, -0.15) is 0 Å². The fourth-order valence-electron chi connectivity index (χ4n) is 1.10. The lowest BCUT2D eigenvalue weighted by Gasteiger charge is -2.04. The van der Waals surface area contributed by atoms with Gasteiger partial charge >= 0.3 is 5.97 Å². The smallest absolute Gasteiger partial charge is 0.317 e. The topological polar surface area (TPSA) is 52.6 Å². The maximum absolute atomic E-state index is 11.1. The molecule has 0 amide bonds. The van der Waals surface area contributed by atoms with Crippen LogP contribution in [0.5, 0.6) is 0 Å². The summed E-state index contributed by atoms with van der Waals surface area (Å²) in [5.74, 6) is -0.887. The van der Waals surface area contributed by atoms with Crippen molar-refractivity contribution < 1.29 is 19.1 Å². The molecule has 4 nitrogen and oxygen atoms in total. The van der Waals surface area contributed by atoms with E-state index in [1.54, 1.807) is 0 Å². The minimum Gasteiger partial charge on any atom is -0.501 e. The van der Waals surface area contributed by atoms with Crippen LogP contribution in [-0.2, 0) is 19.1 Å². The second kappa shape index (κ2) is 3.38. The molecule has 0 saturated carbocycles. The van der Waals surface area contributed by atoms with Crippen molar-refractivity contribution in [3.63, 3.8) is 0 Å². The molecular weight excluding hydrogens is 160 g/mol. The van der Waals surface area contributed by atoms with Crippen molar-refractivity contribution in [2.24, 2.45) is 5.92 Å². The highest BCUT2D eigenvalue weighted by molar-refractivity contribution is 6.07. The number of ketones is 1. The molecule has 0 spiro atoms. The lowest BCUT2D eigenvalue weighted by atomic mass is 10.1. The van der Waals surface area contributed by atoms with Gasteiger partial charge in [0, 0.05) is 12.5 Å². The zero-order chi connectivity index (χ0) is 9.14. The van der Waals surface area contributed by atoms with Gasteiger partial charge in [-0.05, 0) is 0 Å². The number of rotatable bonds is 2. The summed E-state index contributed by atoms with van der Waals surface area (Å²) in [7, 11) is 2.74. The number of ether oxygens (including phenoxy) is 2. The average Bonchev–Trinajstić information content (AvgIpc) is 2.45. The van der Waals surface area contributed by atoms with Gasteiger partial charge in [0.15, 0.2) is 5.78 Å². The Bertz CT molecular complexity index is 241. The minimum absolute atomic E-state index is 0.237. The third-order valence-corrected chi connectivity index (χ3v) is 1.80. The predicted octanol–water partition coefficient (Wildman–Crippen LogP) is 0.279. The van der Waals surface area contributed by atoms with Gasteiger partial charge in [-0.1, -0.05) is 0 Å². The summed E-state index contributed by atoms with van der Waals surface area (Å²) < 4.78 is 9.29. The van der Waals surface area contributed by atoms with E-state index < -0.39 is 11.9 Å². The molecule has 0 radical (unpaired) electrons. The highest BCUT2D eigenvalue weighted by Crippen LogP contribution is 2.22. The van der Waals surface area contributed by atoms with Gasteiger partial charge in [0.1, 0.15) is 11.7 Å². The van der Waals surface area contributed by atoms with E-state index in [2.05, 4.69) is 4.74 Å². The van der Waals surface area contributed by atoms with Gasteiger partial charge in [-0.25, -0.2) is 0 Å². The van der Waals surface area contributed by atoms with Crippen molar-refractivity contribution in [3.8, 4) is 0 Å². The molecule has 0 unspecified atom stereocenters. The molecule has 4 heteroatoms. The standard InChI is InChI=1S/C8H10O4/c1-11-5-3-6(7(9)4-5)8(10)12-2/h4,6H,3H2,1-2H3/t6-/m1/s1. The summed E-state index contributed by atoms with van der Waals surface area (Å²) in [4.78, 5) is 22.0. The molecule has 1 atom stereocenters. The highest BCUT2D eigenvalue weighted by atomic mass is 16.5. The fourth-order valence-corrected chi connectivity index (χ4v) is 1.10. The Morgan fingerprint density at radius 1 is 1.58 bits per heavy atom. The zero-order valence-corrected chi connectivity index (χ0v) is 6.99. The van der Waals surface area contributed by atoms with E-state index in [-0.39, 0.29) is 5.78 Å². The number of esters is 1. The van der Waals surface area contributed by atoms with Crippen molar-refractivity contribution in [3.05, 3.63) is 11.8 Å². The summed E-state index contributed by atoms with van der Waals surface area (Å²) in [6.07, 6.45) is 1.66. The molecule has 0 aromatic rings. The fraction of sp³-hybridized carbons (Fsp3) is 0.500. The molecule has 1 rings (SSSR count). The number of hydrogen-bond acceptors (Lipinski definition) is 4. The van der Waals surface area contributed by atoms with Crippen LogP contribution < -0.4 is 0 Å². The monoisotopic (exact) mass is 170 g/mol. The Morgan fingerprint density at radius 3 is 2.67 bits per heavy atom. The van der Waals surface area contributed by atoms with E-state index in [0.717, 1.165) is 0 Å². The lowest BCUT2D eigenvalue weighted by molar-refractivity contribution is -0.147. The first kappa shape index (κ1) is 8.77. The van der Waals surface area contributed by atoms with E-state index in [1.165, 1.54) is 20.3 Å². The first-order valence-corrected chi connectivity index (χ1v) is 3.55. The van der Waals surface area contributed by atoms with Crippen molar-refractivity contribution in [1.82, 2.24) is 0 Å². The molecular formula is C8H10O4. The SMILES string of the molecule is COC(=O)[C@@H]1CC(OC)=CC1=O. The average molecular weight is 170 g/mol. The Hall–Kier alpha value is -1.32. The number of hydrogen-bond donors (Lipinski definition) is 0. The van der Waals surface area contributed by atoms with Crippen molar-refractivity contribution in [2.75, 3.05) is 14.2 Å². The molecule has 66 valence electrons. The van der Waals surface area contributed by atoms with E-state index in [4.69, 9.17) is 4.74 Å². The summed E-state index contributed by atoms with van der Waals surface area (Å²) in [6.45, 7) is 0. The quantitative estimate of drug-likeness (QED) is 0.441. The molecule has 1 aliphatic rings. The molecule has 1 aliphatic carbocycles. The van der Waals surface area contributed by atoms with Crippen molar-refractivity contribution in [2.45, 2.75) is 6.42 Å². The Kier molecular flexibility index (Phi) is 2.47. The van der Waals surface area contributed by atoms with Gasteiger partial charge in [0.2, 0.25) is 0 Å². The molecule has 0 aromatic carbocycles. The van der Waals surface area contributed by atoms with E-state index in [0.29, 0.717) is 12.2 Å². The molecule has 12 heavy (non-hydrogen) atoms. The Morgan fingerprint density at radius 2 is 2.25 bits per heavy atom. The van der Waals surface area contributed by atoms with E-state index in [1.807, 2.05) is 0 Å². The first-order valence-electron chi connectivity index (χ1n) is 3.55. The van der Waals surface area contributed by atoms with Gasteiger partial charge in [0.05, 0.1) is 14.2 Å². The van der Waals surface area contributed by atoms with Crippen LogP contribution in [0, 0.1) is 5.92 Å². The van der Waals surface area contributed by atoms with Crippen molar-refractivity contribution in [1.29, 1.82) is 0 Å². The van der Waals surface area contributed by atoms with E-state index in [9.17, 15) is 9.59 Å². The zero-order valence-electron chi connectivity index (χ0n) is 6.99. The van der Waals surface area contributed by atoms with Crippen molar-refractivity contribution >= 4 is 11.8 Å². The predicted molar refractivity (Wildman–Crippen MR) is 40.2 cm³/mol. The second-order valence-electron chi connectivity index (χ2n) is 2.50. The van der Waals surface area contributed by atoms with Gasteiger partial charge in [-0.15, -0.1) is 0 Å². The Labute approximate surface area is 70.1 Å². The number of allylic oxidation sites excluding steroid dienone is 2. The summed E-state index contributed by atoms with van der Waals surface area (Å²) >= 11 is 0. The maximum atomic E-state index is 11.1. The normalized spacial score (nSPS) is 22.0. The maximum Gasteiger partial charge on any atom is 0.317 e. The number of carbonyl (C=O) groups excluding carboxylic acids is 2. The van der Waals surface area contributed by atoms with Gasteiger partial charge in [0.25, 0.3) is 0 Å². The molecule has 0 bridgehead atoms. The van der Waals surface area contributed by atoms with Crippen LogP contribution in [-0.4, -0.2) is 26.0 Å². The second-order valence-corrected chi connectivity index (χ2v) is 2.50. The molecule has 0 aliphatic heterocycles. The molecule has 0 saturated heterocycles. The first-order chi connectivity index (χ1) is 5.69. The lowest BCUT2D eigenvalue weighted by Crippen LogP contribution is -2.20. The van der Waals surface area contributed by atoms with Gasteiger partial charge in [-0.3, -0.25) is 9.59 Å². The van der Waals surface area contributed by atoms with Crippen LogP contribution in [0.15, 0.2) is 11.8 Å². The number of methoxy groups -OCH3 is 2. The molecule has 0 N–H and O–H groups in total. The van der Waals surface area contributed by atoms with Crippen LogP contribution in [0.3, 0.4) is 0 Å². The highest BCUT2D eigenvalue weighted by Gasteiger charge is 2.33. The number of carbonyl (C=O) groups is 2. The Balaban J connectivity index is 2.65. The van der Waals surface area contributed by atoms with Gasteiger partial charge < -0.3 is 9.47 Å². The van der Waals surface area contributed by atoms with E-state index >= 15 is 0 Å². The largest absolute Gasteiger partial charge is 0.501 e. The van der Waals surface area contributed by atoms with Crippen LogP contribution in [0.1, 0.15) is 6.42 Å². The van der Waals surface area contributed by atoms with Crippen LogP contribution in [0.2, 0.25) is 0 Å². The third-order valence-electron chi connectivity index (χ3n) is 1.80. The molecule has 0 fully saturated rings. The van der Waals surface area contributed by atoms with Crippen LogP contribution >= 0.6 is 0 Å². The minimum atomic E-state index is -0.690. The van der Waals surface area contributed by atoms with Crippen LogP contribution in [0.25, 0.3) is 0 Å². The summed E-state index contributed by atoms with van der Waals surface area (Å²) in [5.41, 5.74) is 0. The van der Waals surface area contributed by atoms with Crippen LogP contribution in [0.4, 0.5) is 0 Å².